The Bertz CT molecular complexity index is 1210. The molecule has 1 aliphatic rings. The Kier molecular flexibility index (Phi) is 7.15. The first-order valence-electron chi connectivity index (χ1n) is 9.66. The van der Waals surface area contributed by atoms with E-state index >= 15 is 0 Å². The lowest BCUT2D eigenvalue weighted by Gasteiger charge is -2.26. The number of aryl methyl sites for hydroxylation is 1. The van der Waals surface area contributed by atoms with Crippen LogP contribution in [-0.4, -0.2) is 35.5 Å². The number of carbonyl (C=O) groups is 2. The zero-order valence-electron chi connectivity index (χ0n) is 17.4. The molecule has 0 unspecified atom stereocenters. The van der Waals surface area contributed by atoms with Gasteiger partial charge in [0.1, 0.15) is 5.76 Å². The Morgan fingerprint density at radius 1 is 1.06 bits per heavy atom. The molecular formula is C20H14Cl2F7N3O3. The second-order valence-corrected chi connectivity index (χ2v) is 8.28. The van der Waals surface area contributed by atoms with Crippen molar-refractivity contribution in [2.45, 2.75) is 44.2 Å². The van der Waals surface area contributed by atoms with Gasteiger partial charge in [-0.15, -0.1) is 0 Å². The van der Waals surface area contributed by atoms with Crippen LogP contribution in [0.2, 0.25) is 10.0 Å². The summed E-state index contributed by atoms with van der Waals surface area (Å²) in [7, 11) is 0. The van der Waals surface area contributed by atoms with Crippen molar-refractivity contribution in [3.63, 3.8) is 0 Å². The number of fused-ring (bicyclic) bond motifs is 1. The number of nitrogens with one attached hydrogen (secondary N) is 2. The van der Waals surface area contributed by atoms with Gasteiger partial charge in [-0.3, -0.25) is 9.59 Å². The number of nitrogens with zero attached hydrogens (tertiary/aromatic N) is 1. The molecule has 190 valence electrons. The van der Waals surface area contributed by atoms with E-state index in [4.69, 9.17) is 27.6 Å². The molecule has 0 saturated carbocycles. The van der Waals surface area contributed by atoms with Gasteiger partial charge < -0.3 is 9.73 Å². The van der Waals surface area contributed by atoms with Crippen LogP contribution in [0.3, 0.4) is 0 Å². The monoisotopic (exact) mass is 547 g/mol. The first kappa shape index (κ1) is 26.8. The fourth-order valence-corrected chi connectivity index (χ4v) is 3.73. The van der Waals surface area contributed by atoms with Crippen molar-refractivity contribution in [2.75, 3.05) is 5.32 Å². The van der Waals surface area contributed by atoms with Crippen molar-refractivity contribution in [3.05, 3.63) is 50.9 Å². The highest BCUT2D eigenvalue weighted by Gasteiger charge is 2.76. The summed E-state index contributed by atoms with van der Waals surface area (Å²) < 4.78 is 95.7. The summed E-state index contributed by atoms with van der Waals surface area (Å²) in [5, 5.41) is 6.28. The summed E-state index contributed by atoms with van der Waals surface area (Å²) in [6.45, 7) is 1.41. The lowest BCUT2D eigenvalue weighted by molar-refractivity contribution is -0.344. The molecule has 3 rings (SSSR count). The normalized spacial score (nSPS) is 15.7. The molecule has 15 heteroatoms. The van der Waals surface area contributed by atoms with Gasteiger partial charge in [-0.2, -0.15) is 35.8 Å². The van der Waals surface area contributed by atoms with Crippen molar-refractivity contribution in [2.24, 2.45) is 5.10 Å². The standard InChI is InChI=1S/C20H14Cl2F7N3O3/c1-8-14-12(31-32-17(34)18(23,24)19(25,26)20(27,28)29)3-2-4-13(14)35-15(8)16(33)30-11-6-5-9(21)7-10(11)22/h5-7H,2-4H2,1H3,(H,30,33)(H,32,34)/b31-12+. The number of hydrogen-bond donors (Lipinski definition) is 2. The molecule has 2 aromatic rings. The number of amides is 2. The van der Waals surface area contributed by atoms with E-state index in [1.54, 1.807) is 0 Å². The molecule has 0 aliphatic heterocycles. The molecular weight excluding hydrogens is 534 g/mol. The Morgan fingerprint density at radius 3 is 2.31 bits per heavy atom. The van der Waals surface area contributed by atoms with Crippen molar-refractivity contribution in [1.82, 2.24) is 5.43 Å². The van der Waals surface area contributed by atoms with Gasteiger partial charge in [0.15, 0.2) is 5.76 Å². The maximum absolute atomic E-state index is 13.6. The first-order valence-corrected chi connectivity index (χ1v) is 10.4. The molecule has 35 heavy (non-hydrogen) atoms. The second-order valence-electron chi connectivity index (χ2n) is 7.43. The molecule has 1 aliphatic carbocycles. The van der Waals surface area contributed by atoms with Crippen LogP contribution in [0.5, 0.6) is 0 Å². The van der Waals surface area contributed by atoms with Crippen LogP contribution in [0.1, 0.15) is 40.3 Å². The van der Waals surface area contributed by atoms with Crippen LogP contribution in [-0.2, 0) is 11.2 Å². The molecule has 0 saturated heterocycles. The molecule has 1 aromatic carbocycles. The van der Waals surface area contributed by atoms with E-state index < -0.39 is 29.8 Å². The summed E-state index contributed by atoms with van der Waals surface area (Å²) in [6.07, 6.45) is -6.07. The number of rotatable bonds is 5. The summed E-state index contributed by atoms with van der Waals surface area (Å²) in [4.78, 5) is 24.2. The SMILES string of the molecule is Cc1c(C(=O)Nc2ccc(Cl)cc2Cl)oc2c1/C(=N/NC(=O)C(F)(F)C(F)(F)C(F)(F)F)CCC2. The second kappa shape index (κ2) is 9.34. The summed E-state index contributed by atoms with van der Waals surface area (Å²) in [6, 6.07) is 4.28. The van der Waals surface area contributed by atoms with Crippen LogP contribution in [0.4, 0.5) is 36.4 Å². The minimum Gasteiger partial charge on any atom is -0.455 e. The molecule has 1 aromatic heterocycles. The summed E-state index contributed by atoms with van der Waals surface area (Å²) in [5.74, 6) is -16.5. The van der Waals surface area contributed by atoms with Crippen LogP contribution in [0.25, 0.3) is 0 Å². The minimum atomic E-state index is -6.67. The fourth-order valence-electron chi connectivity index (χ4n) is 3.28. The number of hydrogen-bond acceptors (Lipinski definition) is 4. The Balaban J connectivity index is 1.86. The van der Waals surface area contributed by atoms with E-state index in [-0.39, 0.29) is 51.9 Å². The maximum Gasteiger partial charge on any atom is 0.460 e. The quantitative estimate of drug-likeness (QED) is 0.348. The van der Waals surface area contributed by atoms with Crippen LogP contribution in [0, 0.1) is 6.92 Å². The number of anilines is 1. The van der Waals surface area contributed by atoms with Gasteiger partial charge in [0, 0.05) is 22.6 Å². The van der Waals surface area contributed by atoms with Gasteiger partial charge in [-0.1, -0.05) is 23.2 Å². The average Bonchev–Trinajstić information content (AvgIpc) is 3.10. The number of carbonyl (C=O) groups excluding carboxylic acids is 2. The van der Waals surface area contributed by atoms with E-state index in [1.807, 2.05) is 0 Å². The molecule has 6 nitrogen and oxygen atoms in total. The van der Waals surface area contributed by atoms with Gasteiger partial charge in [-0.25, -0.2) is 5.43 Å². The summed E-state index contributed by atoms with van der Waals surface area (Å²) in [5.41, 5.74) is 1.44. The first-order chi connectivity index (χ1) is 16.1. The van der Waals surface area contributed by atoms with E-state index in [0.29, 0.717) is 11.4 Å². The van der Waals surface area contributed by atoms with Crippen LogP contribution in [0.15, 0.2) is 27.7 Å². The molecule has 0 atom stereocenters. The number of furan rings is 1. The van der Waals surface area contributed by atoms with Gasteiger partial charge in [-0.05, 0) is 38.0 Å². The van der Waals surface area contributed by atoms with E-state index in [0.717, 1.165) is 5.43 Å². The third kappa shape index (κ3) is 4.96. The third-order valence-corrected chi connectivity index (χ3v) is 5.59. The predicted octanol–water partition coefficient (Wildman–Crippen LogP) is 6.14. The van der Waals surface area contributed by atoms with E-state index in [1.165, 1.54) is 25.1 Å². The highest BCUT2D eigenvalue weighted by molar-refractivity contribution is 6.36. The minimum absolute atomic E-state index is 0.0267. The molecule has 0 bridgehead atoms. The number of halogens is 9. The Morgan fingerprint density at radius 2 is 1.71 bits per heavy atom. The Labute approximate surface area is 202 Å². The highest BCUT2D eigenvalue weighted by atomic mass is 35.5. The van der Waals surface area contributed by atoms with E-state index in [9.17, 15) is 40.3 Å². The molecule has 0 spiro atoms. The molecule has 0 radical (unpaired) electrons. The summed E-state index contributed by atoms with van der Waals surface area (Å²) >= 11 is 11.8. The van der Waals surface area contributed by atoms with Crippen molar-refractivity contribution >= 4 is 46.4 Å². The molecule has 2 amide bonds. The third-order valence-electron chi connectivity index (χ3n) is 5.04. The smallest absolute Gasteiger partial charge is 0.455 e. The number of alkyl halides is 7. The van der Waals surface area contributed by atoms with Crippen LogP contribution < -0.4 is 10.7 Å². The Hall–Kier alpha value is -2.80. The van der Waals surface area contributed by atoms with Gasteiger partial charge in [0.2, 0.25) is 0 Å². The zero-order chi connectivity index (χ0) is 26.3. The predicted molar refractivity (Wildman–Crippen MR) is 111 cm³/mol. The zero-order valence-corrected chi connectivity index (χ0v) is 18.9. The van der Waals surface area contributed by atoms with Crippen LogP contribution >= 0.6 is 23.2 Å². The van der Waals surface area contributed by atoms with Crippen molar-refractivity contribution < 1.29 is 44.7 Å². The topological polar surface area (TPSA) is 83.7 Å². The lowest BCUT2D eigenvalue weighted by Crippen LogP contribution is -2.58. The van der Waals surface area contributed by atoms with Gasteiger partial charge in [0.05, 0.1) is 16.4 Å². The highest BCUT2D eigenvalue weighted by Crippen LogP contribution is 2.46. The fraction of sp³-hybridized carbons (Fsp3) is 0.350. The number of hydrazone groups is 1. The van der Waals surface area contributed by atoms with E-state index in [2.05, 4.69) is 10.4 Å². The van der Waals surface area contributed by atoms with Gasteiger partial charge in [0.25, 0.3) is 5.91 Å². The number of benzene rings is 1. The lowest BCUT2D eigenvalue weighted by atomic mass is 9.93. The molecule has 1 heterocycles. The van der Waals surface area contributed by atoms with Crippen molar-refractivity contribution in [1.29, 1.82) is 0 Å². The largest absolute Gasteiger partial charge is 0.460 e. The van der Waals surface area contributed by atoms with Gasteiger partial charge >= 0.3 is 23.9 Å². The molecule has 2 N–H and O–H groups in total. The maximum atomic E-state index is 13.6. The van der Waals surface area contributed by atoms with Crippen molar-refractivity contribution in [3.8, 4) is 0 Å². The average molecular weight is 548 g/mol. The molecule has 0 fully saturated rings.